The largest absolute Gasteiger partial charge is 0.493 e. The first kappa shape index (κ1) is 23.8. The molecule has 7 nitrogen and oxygen atoms in total. The second-order valence-electron chi connectivity index (χ2n) is 6.66. The average molecular weight is 493 g/mol. The van der Waals surface area contributed by atoms with Gasteiger partial charge in [0.2, 0.25) is 0 Å². The van der Waals surface area contributed by atoms with Crippen LogP contribution in [0.3, 0.4) is 0 Å². The molecule has 1 heterocycles. The molecule has 2 unspecified atom stereocenters. The summed E-state index contributed by atoms with van der Waals surface area (Å²) < 4.78 is 16.8. The SMILES string of the molecule is CN=C(NCC(C)Oc1ccccc1OC)NCC1(CCO)CCOC1.I. The van der Waals surface area contributed by atoms with Gasteiger partial charge >= 0.3 is 0 Å². The standard InChI is InChI=1S/C19H31N3O4.HI/c1-15(26-17-7-5-4-6-16(17)24-3)12-21-18(20-2)22-13-19(8-10-23)9-11-25-14-19;/h4-7,15,23H,8-14H2,1-3H3,(H2,20,21,22);1H. The summed E-state index contributed by atoms with van der Waals surface area (Å²) in [5.41, 5.74) is -0.0219. The van der Waals surface area contributed by atoms with Gasteiger partial charge in [-0.1, -0.05) is 12.1 Å². The summed E-state index contributed by atoms with van der Waals surface area (Å²) >= 11 is 0. The molecule has 1 aliphatic rings. The lowest BCUT2D eigenvalue weighted by Gasteiger charge is -2.28. The molecule has 1 aromatic rings. The highest BCUT2D eigenvalue weighted by molar-refractivity contribution is 14.0. The van der Waals surface area contributed by atoms with Crippen molar-refractivity contribution in [3.63, 3.8) is 0 Å². The smallest absolute Gasteiger partial charge is 0.191 e. The van der Waals surface area contributed by atoms with Gasteiger partial charge in [-0.2, -0.15) is 0 Å². The van der Waals surface area contributed by atoms with Gasteiger partial charge in [0, 0.05) is 32.2 Å². The molecule has 1 fully saturated rings. The van der Waals surface area contributed by atoms with Gasteiger partial charge < -0.3 is 30.0 Å². The number of ether oxygens (including phenoxy) is 3. The van der Waals surface area contributed by atoms with Gasteiger partial charge in [-0.25, -0.2) is 0 Å². The molecule has 0 saturated carbocycles. The van der Waals surface area contributed by atoms with Gasteiger partial charge in [-0.15, -0.1) is 24.0 Å². The Morgan fingerprint density at radius 2 is 2.07 bits per heavy atom. The summed E-state index contributed by atoms with van der Waals surface area (Å²) in [5, 5.41) is 15.9. The van der Waals surface area contributed by atoms with Crippen LogP contribution in [0.1, 0.15) is 19.8 Å². The monoisotopic (exact) mass is 493 g/mol. The van der Waals surface area contributed by atoms with Crippen LogP contribution in [0.4, 0.5) is 0 Å². The first-order chi connectivity index (χ1) is 12.6. The summed E-state index contributed by atoms with van der Waals surface area (Å²) in [5.74, 6) is 2.15. The van der Waals surface area contributed by atoms with Crippen LogP contribution in [0, 0.1) is 5.41 Å². The van der Waals surface area contributed by atoms with Gasteiger partial charge in [0.05, 0.1) is 20.3 Å². The number of benzene rings is 1. The molecule has 2 rings (SSSR count). The fourth-order valence-electron chi connectivity index (χ4n) is 3.02. The lowest BCUT2D eigenvalue weighted by molar-refractivity contribution is 0.127. The summed E-state index contributed by atoms with van der Waals surface area (Å²) in [6.45, 7) is 4.89. The highest BCUT2D eigenvalue weighted by Crippen LogP contribution is 2.31. The Morgan fingerprint density at radius 1 is 1.33 bits per heavy atom. The zero-order valence-corrected chi connectivity index (χ0v) is 18.7. The van der Waals surface area contributed by atoms with Gasteiger partial charge in [-0.3, -0.25) is 4.99 Å². The van der Waals surface area contributed by atoms with Gasteiger partial charge in [0.15, 0.2) is 17.5 Å². The summed E-state index contributed by atoms with van der Waals surface area (Å²) in [6, 6.07) is 7.60. The Hall–Kier alpha value is -1.26. The second-order valence-corrected chi connectivity index (χ2v) is 6.66. The van der Waals surface area contributed by atoms with E-state index in [1.54, 1.807) is 14.2 Å². The highest BCUT2D eigenvalue weighted by Gasteiger charge is 2.34. The van der Waals surface area contributed by atoms with E-state index in [2.05, 4.69) is 15.6 Å². The van der Waals surface area contributed by atoms with Crippen LogP contribution in [0.5, 0.6) is 11.5 Å². The number of aliphatic hydroxyl groups excluding tert-OH is 1. The lowest BCUT2D eigenvalue weighted by atomic mass is 9.84. The number of aliphatic hydroxyl groups is 1. The Kier molecular flexibility index (Phi) is 10.8. The number of halogens is 1. The van der Waals surface area contributed by atoms with E-state index in [0.29, 0.717) is 24.9 Å². The van der Waals surface area contributed by atoms with E-state index < -0.39 is 0 Å². The Morgan fingerprint density at radius 3 is 2.67 bits per heavy atom. The summed E-state index contributed by atoms with van der Waals surface area (Å²) in [7, 11) is 3.37. The highest BCUT2D eigenvalue weighted by atomic mass is 127. The molecular weight excluding hydrogens is 461 g/mol. The van der Waals surface area contributed by atoms with Crippen LogP contribution >= 0.6 is 24.0 Å². The Balaban J connectivity index is 0.00000364. The van der Waals surface area contributed by atoms with Crippen LogP contribution in [-0.2, 0) is 4.74 Å². The van der Waals surface area contributed by atoms with Crippen LogP contribution in [0.25, 0.3) is 0 Å². The molecule has 0 bridgehead atoms. The predicted octanol–water partition coefficient (Wildman–Crippen LogP) is 2.03. The maximum absolute atomic E-state index is 9.32. The van der Waals surface area contributed by atoms with Gasteiger partial charge in [0.25, 0.3) is 0 Å². The lowest BCUT2D eigenvalue weighted by Crippen LogP contribution is -2.46. The molecule has 1 saturated heterocycles. The molecule has 1 aliphatic heterocycles. The number of aliphatic imine (C=N–C) groups is 1. The van der Waals surface area contributed by atoms with Crippen LogP contribution in [0.15, 0.2) is 29.3 Å². The molecule has 2 atom stereocenters. The van der Waals surface area contributed by atoms with E-state index in [9.17, 15) is 5.11 Å². The number of guanidine groups is 1. The number of para-hydroxylation sites is 2. The summed E-state index contributed by atoms with van der Waals surface area (Å²) in [6.07, 6.45) is 1.61. The molecular formula is C19H32IN3O4. The first-order valence-electron chi connectivity index (χ1n) is 9.05. The molecule has 154 valence electrons. The van der Waals surface area contributed by atoms with Crippen molar-refractivity contribution in [2.45, 2.75) is 25.9 Å². The molecule has 1 aromatic carbocycles. The van der Waals surface area contributed by atoms with Crippen molar-refractivity contribution in [3.8, 4) is 11.5 Å². The van der Waals surface area contributed by atoms with Crippen molar-refractivity contribution in [2.75, 3.05) is 47.1 Å². The van der Waals surface area contributed by atoms with Crippen molar-refractivity contribution in [1.82, 2.24) is 10.6 Å². The van der Waals surface area contributed by atoms with Crippen molar-refractivity contribution in [3.05, 3.63) is 24.3 Å². The topological polar surface area (TPSA) is 84.3 Å². The molecule has 8 heteroatoms. The second kappa shape index (κ2) is 12.2. The molecule has 0 radical (unpaired) electrons. The fraction of sp³-hybridized carbons (Fsp3) is 0.632. The minimum atomic E-state index is -0.0638. The third-order valence-corrected chi connectivity index (χ3v) is 4.64. The van der Waals surface area contributed by atoms with Crippen LogP contribution < -0.4 is 20.1 Å². The van der Waals surface area contributed by atoms with Crippen LogP contribution in [-0.4, -0.2) is 64.2 Å². The number of nitrogens with one attached hydrogen (secondary N) is 2. The van der Waals surface area contributed by atoms with Gasteiger partial charge in [0.1, 0.15) is 6.10 Å². The molecule has 3 N–H and O–H groups in total. The quantitative estimate of drug-likeness (QED) is 0.278. The Labute approximate surface area is 178 Å². The number of nitrogens with zero attached hydrogens (tertiary/aromatic N) is 1. The van der Waals surface area contributed by atoms with Crippen LogP contribution in [0.2, 0.25) is 0 Å². The van der Waals surface area contributed by atoms with Crippen molar-refractivity contribution < 1.29 is 19.3 Å². The number of hydrogen-bond donors (Lipinski definition) is 3. The zero-order chi connectivity index (χ0) is 18.8. The Bertz CT molecular complexity index is 580. The maximum Gasteiger partial charge on any atom is 0.191 e. The van der Waals surface area contributed by atoms with E-state index in [0.717, 1.165) is 31.7 Å². The fourth-order valence-corrected chi connectivity index (χ4v) is 3.02. The molecule has 0 spiro atoms. The predicted molar refractivity (Wildman–Crippen MR) is 117 cm³/mol. The third kappa shape index (κ3) is 7.34. The van der Waals surface area contributed by atoms with Crippen molar-refractivity contribution >= 4 is 29.9 Å². The maximum atomic E-state index is 9.32. The van der Waals surface area contributed by atoms with E-state index >= 15 is 0 Å². The van der Waals surface area contributed by atoms with E-state index in [1.165, 1.54) is 0 Å². The number of methoxy groups -OCH3 is 1. The minimum absolute atomic E-state index is 0. The number of hydrogen-bond acceptors (Lipinski definition) is 5. The molecule has 27 heavy (non-hydrogen) atoms. The first-order valence-corrected chi connectivity index (χ1v) is 9.05. The molecule has 0 aromatic heterocycles. The summed E-state index contributed by atoms with van der Waals surface area (Å²) in [4.78, 5) is 4.26. The van der Waals surface area contributed by atoms with Crippen molar-refractivity contribution in [2.24, 2.45) is 10.4 Å². The molecule has 0 amide bonds. The number of rotatable bonds is 9. The zero-order valence-electron chi connectivity index (χ0n) is 16.4. The van der Waals surface area contributed by atoms with E-state index in [1.807, 2.05) is 31.2 Å². The van der Waals surface area contributed by atoms with E-state index in [4.69, 9.17) is 14.2 Å². The normalized spacial score (nSPS) is 20.5. The minimum Gasteiger partial charge on any atom is -0.493 e. The van der Waals surface area contributed by atoms with Gasteiger partial charge in [-0.05, 0) is 31.9 Å². The van der Waals surface area contributed by atoms with E-state index in [-0.39, 0.29) is 42.1 Å². The third-order valence-electron chi connectivity index (χ3n) is 4.64. The van der Waals surface area contributed by atoms with Crippen molar-refractivity contribution in [1.29, 1.82) is 0 Å². The average Bonchev–Trinajstić information content (AvgIpc) is 3.11. The molecule has 0 aliphatic carbocycles.